The fourth-order valence-corrected chi connectivity index (χ4v) is 3.68. The quantitative estimate of drug-likeness (QED) is 0.746. The summed E-state index contributed by atoms with van der Waals surface area (Å²) in [4.78, 5) is 9.74. The fraction of sp³-hybridized carbons (Fsp3) is 0.312. The van der Waals surface area contributed by atoms with E-state index in [1.807, 2.05) is 18.2 Å². The predicted octanol–water partition coefficient (Wildman–Crippen LogP) is 3.35. The first-order valence-electron chi connectivity index (χ1n) is 7.71. The topological polar surface area (TPSA) is 96.3 Å². The van der Waals surface area contributed by atoms with Crippen LogP contribution in [-0.4, -0.2) is 21.9 Å². The molecule has 9 heteroatoms. The van der Waals surface area contributed by atoms with Crippen LogP contribution in [0.1, 0.15) is 25.1 Å². The molecule has 25 heavy (non-hydrogen) atoms. The van der Waals surface area contributed by atoms with Gasteiger partial charge in [0.2, 0.25) is 6.79 Å². The molecule has 0 bridgehead atoms. The number of rotatable bonds is 3. The van der Waals surface area contributed by atoms with E-state index in [-0.39, 0.29) is 19.2 Å². The third kappa shape index (κ3) is 2.66. The summed E-state index contributed by atoms with van der Waals surface area (Å²) in [6.45, 7) is 0.257. The molecule has 0 unspecified atom stereocenters. The van der Waals surface area contributed by atoms with Gasteiger partial charge in [0.1, 0.15) is 9.88 Å². The lowest BCUT2D eigenvalue weighted by molar-refractivity contribution is 0.174. The van der Waals surface area contributed by atoms with Crippen LogP contribution in [0.2, 0.25) is 0 Å². The van der Waals surface area contributed by atoms with Crippen molar-refractivity contribution in [1.29, 1.82) is 0 Å². The summed E-state index contributed by atoms with van der Waals surface area (Å²) in [7, 11) is 0. The van der Waals surface area contributed by atoms with Crippen LogP contribution in [0.5, 0.6) is 11.5 Å². The molecule has 2 aromatic heterocycles. The summed E-state index contributed by atoms with van der Waals surface area (Å²) >= 11 is 1.49. The van der Waals surface area contributed by atoms with Gasteiger partial charge in [-0.05, 0) is 37.5 Å². The van der Waals surface area contributed by atoms with Gasteiger partial charge in [-0.25, -0.2) is 4.98 Å². The maximum atomic E-state index is 6.24. The maximum absolute atomic E-state index is 6.24. The molecular weight excluding hydrogens is 364 g/mol. The first-order chi connectivity index (χ1) is 11.7. The first kappa shape index (κ1) is 16.3. The van der Waals surface area contributed by atoms with Crippen LogP contribution in [0, 0.1) is 0 Å². The zero-order valence-corrected chi connectivity index (χ0v) is 14.7. The van der Waals surface area contributed by atoms with Gasteiger partial charge in [0.05, 0.1) is 11.7 Å². The fourth-order valence-electron chi connectivity index (χ4n) is 2.84. The van der Waals surface area contributed by atoms with Crippen molar-refractivity contribution in [3.05, 3.63) is 30.2 Å². The zero-order chi connectivity index (χ0) is 16.1. The highest BCUT2D eigenvalue weighted by Gasteiger charge is 2.39. The summed E-state index contributed by atoms with van der Waals surface area (Å²) in [5.74, 6) is 2.54. The minimum absolute atomic E-state index is 0. The Kier molecular flexibility index (Phi) is 3.90. The van der Waals surface area contributed by atoms with Crippen LogP contribution < -0.4 is 15.2 Å². The molecule has 1 aliphatic carbocycles. The Morgan fingerprint density at radius 3 is 2.80 bits per heavy atom. The number of nitrogens with two attached hydrogens (primary N) is 1. The minimum Gasteiger partial charge on any atom is -0.454 e. The first-order valence-corrected chi connectivity index (χ1v) is 8.52. The van der Waals surface area contributed by atoms with Crippen LogP contribution >= 0.6 is 23.7 Å². The summed E-state index contributed by atoms with van der Waals surface area (Å²) in [5.41, 5.74) is 6.78. The van der Waals surface area contributed by atoms with E-state index in [1.54, 1.807) is 6.20 Å². The van der Waals surface area contributed by atoms with Crippen molar-refractivity contribution in [2.75, 3.05) is 6.79 Å². The van der Waals surface area contributed by atoms with E-state index in [0.29, 0.717) is 11.7 Å². The van der Waals surface area contributed by atoms with E-state index >= 15 is 0 Å². The second-order valence-corrected chi connectivity index (χ2v) is 7.06. The number of nitrogens with zero attached hydrogens (tertiary/aromatic N) is 3. The minimum atomic E-state index is -0.424. The van der Waals surface area contributed by atoms with Gasteiger partial charge < -0.3 is 19.7 Å². The van der Waals surface area contributed by atoms with E-state index in [4.69, 9.17) is 19.7 Å². The highest BCUT2D eigenvalue weighted by molar-refractivity contribution is 7.18. The van der Waals surface area contributed by atoms with Crippen LogP contribution in [0.4, 0.5) is 0 Å². The van der Waals surface area contributed by atoms with Crippen LogP contribution in [-0.2, 0) is 5.54 Å². The molecule has 3 heterocycles. The van der Waals surface area contributed by atoms with Crippen LogP contribution in [0.3, 0.4) is 0 Å². The molecule has 1 saturated carbocycles. The third-order valence-corrected chi connectivity index (χ3v) is 5.49. The van der Waals surface area contributed by atoms with Crippen molar-refractivity contribution in [2.45, 2.75) is 24.8 Å². The van der Waals surface area contributed by atoms with Gasteiger partial charge in [-0.3, -0.25) is 0 Å². The Labute approximate surface area is 153 Å². The lowest BCUT2D eigenvalue weighted by atomic mass is 9.77. The summed E-state index contributed by atoms with van der Waals surface area (Å²) in [6.07, 6.45) is 4.65. The largest absolute Gasteiger partial charge is 0.454 e. The molecule has 3 aromatic rings. The average molecular weight is 379 g/mol. The monoisotopic (exact) mass is 378 g/mol. The molecule has 1 aromatic carbocycles. The van der Waals surface area contributed by atoms with Crippen molar-refractivity contribution < 1.29 is 14.0 Å². The molecule has 7 nitrogen and oxygen atoms in total. The maximum Gasteiger partial charge on any atom is 0.269 e. The molecule has 0 amide bonds. The smallest absolute Gasteiger partial charge is 0.269 e. The summed E-state index contributed by atoms with van der Waals surface area (Å²) in [5, 5.41) is 4.90. The van der Waals surface area contributed by atoms with Crippen LogP contribution in [0.25, 0.3) is 21.3 Å². The Hall–Kier alpha value is -2.16. The number of halogens is 1. The molecule has 2 aliphatic rings. The van der Waals surface area contributed by atoms with Crippen molar-refractivity contribution in [3.8, 4) is 32.8 Å². The molecule has 0 spiro atoms. The SMILES string of the molecule is Cl.NC1(c2noc(-c3cnc(-c4ccc5c(c4)OCO5)s3)n2)CCC1. The Balaban J connectivity index is 0.00000157. The Morgan fingerprint density at radius 2 is 2.00 bits per heavy atom. The number of aromatic nitrogens is 3. The van der Waals surface area contributed by atoms with Crippen molar-refractivity contribution in [1.82, 2.24) is 15.1 Å². The van der Waals surface area contributed by atoms with Gasteiger partial charge in [-0.2, -0.15) is 4.98 Å². The van der Waals surface area contributed by atoms with Crippen molar-refractivity contribution in [3.63, 3.8) is 0 Å². The molecule has 1 aliphatic heterocycles. The number of ether oxygens (including phenoxy) is 2. The van der Waals surface area contributed by atoms with Crippen molar-refractivity contribution in [2.24, 2.45) is 5.73 Å². The van der Waals surface area contributed by atoms with E-state index in [2.05, 4.69) is 15.1 Å². The third-order valence-electron chi connectivity index (χ3n) is 4.45. The lowest BCUT2D eigenvalue weighted by Crippen LogP contribution is -2.44. The molecule has 0 radical (unpaired) electrons. The highest BCUT2D eigenvalue weighted by atomic mass is 35.5. The average Bonchev–Trinajstić information content (AvgIpc) is 3.29. The molecular formula is C16H15ClN4O3S. The van der Waals surface area contributed by atoms with E-state index in [0.717, 1.165) is 46.2 Å². The zero-order valence-electron chi connectivity index (χ0n) is 13.1. The van der Waals surface area contributed by atoms with Gasteiger partial charge in [0.15, 0.2) is 17.3 Å². The second-order valence-electron chi connectivity index (χ2n) is 6.03. The Bertz CT molecular complexity index is 922. The van der Waals surface area contributed by atoms with E-state index < -0.39 is 5.54 Å². The van der Waals surface area contributed by atoms with E-state index in [9.17, 15) is 0 Å². The van der Waals surface area contributed by atoms with Crippen LogP contribution in [0.15, 0.2) is 28.9 Å². The molecule has 1 fully saturated rings. The summed E-state index contributed by atoms with van der Waals surface area (Å²) < 4.78 is 16.1. The van der Waals surface area contributed by atoms with E-state index in [1.165, 1.54) is 11.3 Å². The normalized spacial score (nSPS) is 17.0. The molecule has 0 atom stereocenters. The van der Waals surface area contributed by atoms with Gasteiger partial charge in [-0.15, -0.1) is 23.7 Å². The molecule has 5 rings (SSSR count). The van der Waals surface area contributed by atoms with Gasteiger partial charge >= 0.3 is 0 Å². The highest BCUT2D eigenvalue weighted by Crippen LogP contribution is 2.40. The van der Waals surface area contributed by atoms with Gasteiger partial charge in [0.25, 0.3) is 5.89 Å². The molecule has 0 saturated heterocycles. The van der Waals surface area contributed by atoms with Crippen molar-refractivity contribution >= 4 is 23.7 Å². The van der Waals surface area contributed by atoms with Gasteiger partial charge in [-0.1, -0.05) is 5.16 Å². The number of hydrogen-bond acceptors (Lipinski definition) is 8. The standard InChI is InChI=1S/C16H14N4O3S.ClH/c17-16(4-1-5-16)15-19-13(23-20-15)12-7-18-14(24-12)9-2-3-10-11(6-9)22-8-21-10;/h2-3,6-7H,1,4-5,8,17H2;1H. The summed E-state index contributed by atoms with van der Waals surface area (Å²) in [6, 6.07) is 5.77. The molecule has 130 valence electrons. The number of fused-ring (bicyclic) bond motifs is 1. The lowest BCUT2D eigenvalue weighted by Gasteiger charge is -2.34. The number of hydrogen-bond donors (Lipinski definition) is 1. The molecule has 2 N–H and O–H groups in total. The van der Waals surface area contributed by atoms with Gasteiger partial charge in [0, 0.05) is 5.56 Å². The number of thiazole rings is 1. The predicted molar refractivity (Wildman–Crippen MR) is 93.9 cm³/mol. The second kappa shape index (κ2) is 5.98. The number of benzene rings is 1. The Morgan fingerprint density at radius 1 is 1.16 bits per heavy atom.